The Morgan fingerprint density at radius 3 is 2.88 bits per heavy atom. The minimum atomic E-state index is -1.23. The van der Waals surface area contributed by atoms with Crippen LogP contribution in [0.5, 0.6) is 0 Å². The van der Waals surface area contributed by atoms with Crippen LogP contribution in [0.25, 0.3) is 0 Å². The van der Waals surface area contributed by atoms with Gasteiger partial charge in [-0.05, 0) is 56.3 Å². The molecule has 1 saturated heterocycles. The molecule has 4 saturated carbocycles. The van der Waals surface area contributed by atoms with Crippen molar-refractivity contribution in [2.24, 2.45) is 34.5 Å². The van der Waals surface area contributed by atoms with E-state index in [0.29, 0.717) is 25.2 Å². The Bertz CT molecular complexity index is 674. The lowest BCUT2D eigenvalue weighted by Gasteiger charge is -2.43. The second-order valence-electron chi connectivity index (χ2n) is 8.88. The quantitative estimate of drug-likeness (QED) is 0.622. The van der Waals surface area contributed by atoms with Crippen LogP contribution in [-0.2, 0) is 14.3 Å². The van der Waals surface area contributed by atoms with Gasteiger partial charge in [0.2, 0.25) is 0 Å². The van der Waals surface area contributed by atoms with Crippen molar-refractivity contribution in [1.29, 1.82) is 0 Å². The summed E-state index contributed by atoms with van der Waals surface area (Å²) in [5, 5.41) is 10.1. The van der Waals surface area contributed by atoms with E-state index in [9.17, 15) is 19.1 Å². The number of rotatable bonds is 2. The van der Waals surface area contributed by atoms with E-state index in [-0.39, 0.29) is 11.3 Å². The van der Waals surface area contributed by atoms with Crippen LogP contribution in [-0.4, -0.2) is 29.3 Å². The minimum Gasteiger partial charge on any atom is -0.481 e. The third-order valence-electron chi connectivity index (χ3n) is 8.31. The topological polar surface area (TPSA) is 63.6 Å². The zero-order valence-corrected chi connectivity index (χ0v) is 13.7. The van der Waals surface area contributed by atoms with Crippen LogP contribution < -0.4 is 0 Å². The SMILES string of the molecule is C=C1C[C@]23C[C@H]1CC[C@@H]2[C@@]12CCC[C@@](CF)(C(=O)O1)[C@H]2[C@@H]3C(=O)O. The first-order chi connectivity index (χ1) is 11.4. The van der Waals surface area contributed by atoms with Gasteiger partial charge in [0.1, 0.15) is 17.7 Å². The Balaban J connectivity index is 1.75. The standard InChI is InChI=1S/C19H23FO4/c1-10-7-18-8-11(10)3-4-12(18)19-6-2-5-17(9-20,16(23)24-19)14(19)13(18)15(21)22/h11-14H,1-9H2,(H,21,22)/t11-,12+,13-,14-,17+,18+,19-/m1/s1. The van der Waals surface area contributed by atoms with E-state index in [1.807, 2.05) is 0 Å². The molecule has 5 aliphatic rings. The molecule has 0 amide bonds. The van der Waals surface area contributed by atoms with Crippen LogP contribution in [0.1, 0.15) is 44.9 Å². The van der Waals surface area contributed by atoms with Gasteiger partial charge in [-0.15, -0.1) is 0 Å². The van der Waals surface area contributed by atoms with Crippen LogP contribution in [0.3, 0.4) is 0 Å². The number of allylic oxidation sites excluding steroid dienone is 1. The molecule has 0 radical (unpaired) electrons. The molecular weight excluding hydrogens is 311 g/mol. The maximum Gasteiger partial charge on any atom is 0.315 e. The van der Waals surface area contributed by atoms with Gasteiger partial charge in [0.15, 0.2) is 0 Å². The normalized spacial score (nSPS) is 54.4. The molecule has 1 aliphatic heterocycles. The summed E-state index contributed by atoms with van der Waals surface area (Å²) in [7, 11) is 0. The van der Waals surface area contributed by atoms with Crippen LogP contribution >= 0.6 is 0 Å². The van der Waals surface area contributed by atoms with Gasteiger partial charge >= 0.3 is 11.9 Å². The van der Waals surface area contributed by atoms with Gasteiger partial charge in [0.25, 0.3) is 0 Å². The molecule has 4 bridgehead atoms. The van der Waals surface area contributed by atoms with Gasteiger partial charge in [0.05, 0.1) is 5.92 Å². The van der Waals surface area contributed by atoms with Crippen molar-refractivity contribution in [2.45, 2.75) is 50.5 Å². The Morgan fingerprint density at radius 2 is 2.17 bits per heavy atom. The molecule has 1 N–H and O–H groups in total. The van der Waals surface area contributed by atoms with Crippen molar-refractivity contribution in [2.75, 3.05) is 6.67 Å². The molecule has 7 atom stereocenters. The number of aliphatic carboxylic acids is 1. The molecular formula is C19H23FO4. The van der Waals surface area contributed by atoms with Gasteiger partial charge < -0.3 is 9.84 Å². The first-order valence-corrected chi connectivity index (χ1v) is 9.11. The van der Waals surface area contributed by atoms with Crippen molar-refractivity contribution in [3.63, 3.8) is 0 Å². The number of carboxylic acids is 1. The molecule has 4 aliphatic carbocycles. The summed E-state index contributed by atoms with van der Waals surface area (Å²) in [6.45, 7) is 3.40. The Morgan fingerprint density at radius 1 is 1.38 bits per heavy atom. The molecule has 5 fully saturated rings. The summed E-state index contributed by atoms with van der Waals surface area (Å²) in [5.41, 5.74) is -1.22. The highest BCUT2D eigenvalue weighted by Crippen LogP contribution is 2.77. The molecule has 1 spiro atoms. The average Bonchev–Trinajstić information content (AvgIpc) is 2.98. The summed E-state index contributed by atoms with van der Waals surface area (Å²) in [5.74, 6) is -2.12. The molecule has 130 valence electrons. The molecule has 4 nitrogen and oxygen atoms in total. The first-order valence-electron chi connectivity index (χ1n) is 9.11. The van der Waals surface area contributed by atoms with Gasteiger partial charge in [0, 0.05) is 11.8 Å². The largest absolute Gasteiger partial charge is 0.481 e. The fourth-order valence-corrected chi connectivity index (χ4v) is 7.72. The number of halogens is 1. The number of hydrogen-bond acceptors (Lipinski definition) is 3. The van der Waals surface area contributed by atoms with E-state index in [4.69, 9.17) is 4.74 Å². The maximum absolute atomic E-state index is 14.2. The Kier molecular flexibility index (Phi) is 2.63. The Labute approximate surface area is 140 Å². The van der Waals surface area contributed by atoms with Crippen molar-refractivity contribution >= 4 is 11.9 Å². The van der Waals surface area contributed by atoms with Crippen molar-refractivity contribution < 1.29 is 23.8 Å². The second-order valence-corrected chi connectivity index (χ2v) is 8.88. The summed E-state index contributed by atoms with van der Waals surface area (Å²) in [4.78, 5) is 25.0. The van der Waals surface area contributed by atoms with Gasteiger partial charge in [-0.2, -0.15) is 0 Å². The molecule has 5 heteroatoms. The van der Waals surface area contributed by atoms with E-state index in [2.05, 4.69) is 6.58 Å². The average molecular weight is 334 g/mol. The number of carbonyl (C=O) groups is 2. The molecule has 0 aromatic heterocycles. The molecule has 1 heterocycles. The number of alkyl halides is 1. The third-order valence-corrected chi connectivity index (χ3v) is 8.31. The third kappa shape index (κ3) is 1.32. The van der Waals surface area contributed by atoms with Crippen molar-refractivity contribution in [1.82, 2.24) is 0 Å². The van der Waals surface area contributed by atoms with Crippen LogP contribution in [0, 0.1) is 34.5 Å². The molecule has 24 heavy (non-hydrogen) atoms. The summed E-state index contributed by atoms with van der Waals surface area (Å²) in [6, 6.07) is 0. The number of ether oxygens (including phenoxy) is 1. The van der Waals surface area contributed by atoms with E-state index in [1.165, 1.54) is 0 Å². The minimum absolute atomic E-state index is 0.0456. The number of hydrogen-bond donors (Lipinski definition) is 1. The number of carbonyl (C=O) groups excluding carboxylic acids is 1. The predicted octanol–water partition coefficient (Wildman–Crippen LogP) is 3.12. The highest BCUT2D eigenvalue weighted by molar-refractivity contribution is 5.85. The first kappa shape index (κ1) is 14.9. The molecule has 0 aromatic carbocycles. The second kappa shape index (κ2) is 4.23. The van der Waals surface area contributed by atoms with Crippen LogP contribution in [0.2, 0.25) is 0 Å². The lowest BCUT2D eigenvalue weighted by atomic mass is 9.60. The van der Waals surface area contributed by atoms with E-state index in [1.54, 1.807) is 0 Å². The maximum atomic E-state index is 14.2. The number of carboxylic acid groups (broad SMARTS) is 1. The zero-order valence-electron chi connectivity index (χ0n) is 13.7. The number of esters is 1. The fraction of sp³-hybridized carbons (Fsp3) is 0.789. The Hall–Kier alpha value is -1.39. The van der Waals surface area contributed by atoms with E-state index >= 15 is 0 Å². The fourth-order valence-electron chi connectivity index (χ4n) is 7.72. The van der Waals surface area contributed by atoms with Gasteiger partial charge in [-0.1, -0.05) is 12.2 Å². The van der Waals surface area contributed by atoms with Crippen LogP contribution in [0.15, 0.2) is 12.2 Å². The predicted molar refractivity (Wildman–Crippen MR) is 82.7 cm³/mol. The van der Waals surface area contributed by atoms with Crippen molar-refractivity contribution in [3.05, 3.63) is 12.2 Å². The zero-order chi connectivity index (χ0) is 16.9. The lowest BCUT2D eigenvalue weighted by molar-refractivity contribution is -0.161. The van der Waals surface area contributed by atoms with Gasteiger partial charge in [-0.3, -0.25) is 9.59 Å². The monoisotopic (exact) mass is 334 g/mol. The van der Waals surface area contributed by atoms with Crippen molar-refractivity contribution in [3.8, 4) is 0 Å². The number of fused-ring (bicyclic) bond motifs is 1. The summed E-state index contributed by atoms with van der Waals surface area (Å²) >= 11 is 0. The summed E-state index contributed by atoms with van der Waals surface area (Å²) in [6.07, 6.45) is 5.26. The lowest BCUT2D eigenvalue weighted by Crippen LogP contribution is -2.49. The van der Waals surface area contributed by atoms with E-state index < -0.39 is 41.5 Å². The smallest absolute Gasteiger partial charge is 0.315 e. The molecule has 0 aromatic rings. The van der Waals surface area contributed by atoms with Gasteiger partial charge in [-0.25, -0.2) is 4.39 Å². The van der Waals surface area contributed by atoms with E-state index in [0.717, 1.165) is 31.3 Å². The molecule has 0 unspecified atom stereocenters. The highest BCUT2D eigenvalue weighted by atomic mass is 19.1. The molecule has 5 rings (SSSR count). The summed E-state index contributed by atoms with van der Waals surface area (Å²) < 4.78 is 20.1. The highest BCUT2D eigenvalue weighted by Gasteiger charge is 2.82. The van der Waals surface area contributed by atoms with Crippen LogP contribution in [0.4, 0.5) is 4.39 Å².